The molecule has 1 saturated heterocycles. The molecule has 0 unspecified atom stereocenters. The van der Waals surface area contributed by atoms with Crippen LogP contribution in [0, 0.1) is 5.41 Å². The van der Waals surface area contributed by atoms with Crippen LogP contribution in [0.3, 0.4) is 0 Å². The first-order valence-corrected chi connectivity index (χ1v) is 4.84. The zero-order valence-electron chi connectivity index (χ0n) is 9.63. The number of nitrogens with one attached hydrogen (secondary N) is 2. The molecule has 16 heavy (non-hydrogen) atoms. The van der Waals surface area contributed by atoms with Crippen LogP contribution in [-0.4, -0.2) is 47.4 Å². The maximum Gasteiger partial charge on any atom is 0.328 e. The van der Waals surface area contributed by atoms with Crippen molar-refractivity contribution in [2.24, 2.45) is 5.41 Å². The summed E-state index contributed by atoms with van der Waals surface area (Å²) in [5, 5.41) is 4.23. The molecule has 1 aliphatic heterocycles. The zero-order valence-corrected chi connectivity index (χ0v) is 11.6. The zero-order chi connectivity index (χ0) is 11.5. The molecule has 0 spiro atoms. The van der Waals surface area contributed by atoms with Crippen molar-refractivity contribution < 1.29 is 14.4 Å². The third-order valence-electron chi connectivity index (χ3n) is 2.49. The van der Waals surface area contributed by atoms with Crippen molar-refractivity contribution in [1.82, 2.24) is 10.6 Å². The summed E-state index contributed by atoms with van der Waals surface area (Å²) in [6, 6.07) is -0.749. The van der Waals surface area contributed by atoms with E-state index in [9.17, 15) is 14.4 Å². The predicted molar refractivity (Wildman–Crippen MR) is 59.6 cm³/mol. The maximum atomic E-state index is 11.7. The minimum Gasteiger partial charge on any atom is -0.277 e. The van der Waals surface area contributed by atoms with Gasteiger partial charge in [0.2, 0.25) is 11.8 Å². The Balaban J connectivity index is 0.00000225. The van der Waals surface area contributed by atoms with Crippen LogP contribution in [0.2, 0.25) is 0 Å². The molecule has 6 heteroatoms. The van der Waals surface area contributed by atoms with Gasteiger partial charge < -0.3 is 0 Å². The van der Waals surface area contributed by atoms with Gasteiger partial charge in [-0.3, -0.25) is 20.2 Å². The third kappa shape index (κ3) is 2.72. The topological polar surface area (TPSA) is 75.3 Å². The summed E-state index contributed by atoms with van der Waals surface area (Å²) in [6.07, 6.45) is 2.85. The van der Waals surface area contributed by atoms with Gasteiger partial charge in [0.25, 0.3) is 0 Å². The first-order chi connectivity index (χ1) is 7.06. The predicted octanol–water partition coefficient (Wildman–Crippen LogP) is 0.334. The van der Waals surface area contributed by atoms with Gasteiger partial charge in [-0.15, -0.1) is 6.58 Å². The first-order valence-electron chi connectivity index (χ1n) is 4.84. The molecule has 0 aromatic carbocycles. The molecule has 2 N–H and O–H groups in total. The van der Waals surface area contributed by atoms with E-state index in [1.54, 1.807) is 0 Å². The van der Waals surface area contributed by atoms with Crippen molar-refractivity contribution in [1.29, 1.82) is 0 Å². The van der Waals surface area contributed by atoms with Crippen LogP contribution in [0.5, 0.6) is 0 Å². The second kappa shape index (κ2) is 6.18. The Morgan fingerprint density at radius 3 is 2.12 bits per heavy atom. The summed E-state index contributed by atoms with van der Waals surface area (Å²) in [6.45, 7) is 5.40. The largest absolute Gasteiger partial charge is 0.328 e. The summed E-state index contributed by atoms with van der Waals surface area (Å²) in [7, 11) is 0. The van der Waals surface area contributed by atoms with Crippen LogP contribution < -0.4 is 10.6 Å². The van der Waals surface area contributed by atoms with Gasteiger partial charge in [-0.25, -0.2) is 4.79 Å². The standard InChI is InChI=1S/C10H14N2O3.Na/c1-3-5-10(6-4-2)7(13)11-9(15)12-8(10)14;/h3H,1,4-6H2,2H3,(H2,11,12,13,14,15);. The Morgan fingerprint density at radius 2 is 1.75 bits per heavy atom. The molecule has 0 bridgehead atoms. The van der Waals surface area contributed by atoms with Gasteiger partial charge in [-0.2, -0.15) is 0 Å². The Bertz CT molecular complexity index is 308. The van der Waals surface area contributed by atoms with Gasteiger partial charge in [0.05, 0.1) is 0 Å². The van der Waals surface area contributed by atoms with Crippen molar-refractivity contribution in [2.45, 2.75) is 26.2 Å². The van der Waals surface area contributed by atoms with Crippen LogP contribution in [0.25, 0.3) is 0 Å². The van der Waals surface area contributed by atoms with E-state index < -0.39 is 23.3 Å². The number of imide groups is 2. The molecule has 5 nitrogen and oxygen atoms in total. The number of urea groups is 1. The van der Waals surface area contributed by atoms with Crippen LogP contribution in [0.15, 0.2) is 12.7 Å². The Morgan fingerprint density at radius 1 is 1.25 bits per heavy atom. The minimum absolute atomic E-state index is 0. The van der Waals surface area contributed by atoms with Crippen molar-refractivity contribution in [3.63, 3.8) is 0 Å². The number of rotatable bonds is 4. The van der Waals surface area contributed by atoms with Crippen LogP contribution in [0.4, 0.5) is 4.79 Å². The van der Waals surface area contributed by atoms with E-state index in [1.807, 2.05) is 6.92 Å². The summed E-state index contributed by atoms with van der Waals surface area (Å²) in [4.78, 5) is 34.2. The van der Waals surface area contributed by atoms with Crippen LogP contribution in [-0.2, 0) is 9.59 Å². The molecule has 0 aliphatic carbocycles. The number of hydrogen-bond donors (Lipinski definition) is 2. The van der Waals surface area contributed by atoms with E-state index in [1.165, 1.54) is 6.08 Å². The number of allylic oxidation sites excluding steroid dienone is 1. The minimum atomic E-state index is -1.16. The average molecular weight is 233 g/mol. The van der Waals surface area contributed by atoms with Crippen LogP contribution >= 0.6 is 0 Å². The molecule has 0 saturated carbocycles. The second-order valence-electron chi connectivity index (χ2n) is 3.56. The average Bonchev–Trinajstić information content (AvgIpc) is 2.14. The SMILES string of the molecule is C=CCC1(CCC)C(=O)NC(=O)NC1=O.[Na]. The fraction of sp³-hybridized carbons (Fsp3) is 0.500. The Labute approximate surface area is 116 Å². The molecule has 4 amide bonds. The van der Waals surface area contributed by atoms with E-state index in [0.29, 0.717) is 12.8 Å². The van der Waals surface area contributed by atoms with Gasteiger partial charge in [-0.1, -0.05) is 19.4 Å². The van der Waals surface area contributed by atoms with E-state index in [4.69, 9.17) is 0 Å². The molecule has 0 aromatic heterocycles. The number of hydrogen-bond acceptors (Lipinski definition) is 3. The first kappa shape index (κ1) is 15.3. The van der Waals surface area contributed by atoms with Crippen molar-refractivity contribution in [2.75, 3.05) is 0 Å². The fourth-order valence-corrected chi connectivity index (χ4v) is 1.77. The molecular formula is C10H14N2NaO3. The summed E-state index contributed by atoms with van der Waals surface area (Å²) in [5.74, 6) is -1.06. The molecule has 0 aromatic rings. The molecule has 1 rings (SSSR count). The van der Waals surface area contributed by atoms with E-state index in [0.717, 1.165) is 0 Å². The quantitative estimate of drug-likeness (QED) is 0.417. The molecule has 1 fully saturated rings. The van der Waals surface area contributed by atoms with Crippen molar-refractivity contribution >= 4 is 47.4 Å². The third-order valence-corrected chi connectivity index (χ3v) is 2.49. The van der Waals surface area contributed by atoms with Gasteiger partial charge in [-0.05, 0) is 12.8 Å². The number of carbonyl (C=O) groups is 3. The number of carbonyl (C=O) groups excluding carboxylic acids is 3. The van der Waals surface area contributed by atoms with Gasteiger partial charge in [0, 0.05) is 29.6 Å². The molecule has 83 valence electrons. The Kier molecular flexibility index (Phi) is 5.92. The summed E-state index contributed by atoms with van der Waals surface area (Å²) in [5.41, 5.74) is -1.16. The smallest absolute Gasteiger partial charge is 0.277 e. The Hall–Kier alpha value is -0.650. The molecule has 0 atom stereocenters. The van der Waals surface area contributed by atoms with E-state index in [2.05, 4.69) is 17.2 Å². The normalized spacial score (nSPS) is 18.2. The van der Waals surface area contributed by atoms with Crippen LogP contribution in [0.1, 0.15) is 26.2 Å². The van der Waals surface area contributed by atoms with Gasteiger partial charge in [0.15, 0.2) is 0 Å². The number of barbiturate groups is 1. The fourth-order valence-electron chi connectivity index (χ4n) is 1.77. The van der Waals surface area contributed by atoms with Crippen molar-refractivity contribution in [3.05, 3.63) is 12.7 Å². The second-order valence-corrected chi connectivity index (χ2v) is 3.56. The number of amides is 4. The van der Waals surface area contributed by atoms with Gasteiger partial charge >= 0.3 is 6.03 Å². The van der Waals surface area contributed by atoms with E-state index >= 15 is 0 Å². The summed E-state index contributed by atoms with van der Waals surface area (Å²) >= 11 is 0. The van der Waals surface area contributed by atoms with Crippen molar-refractivity contribution in [3.8, 4) is 0 Å². The van der Waals surface area contributed by atoms with E-state index in [-0.39, 0.29) is 36.0 Å². The molecule has 1 aliphatic rings. The monoisotopic (exact) mass is 233 g/mol. The molecule has 1 radical (unpaired) electrons. The maximum absolute atomic E-state index is 11.7. The molecule has 1 heterocycles. The molecular weight excluding hydrogens is 219 g/mol. The van der Waals surface area contributed by atoms with Gasteiger partial charge in [0.1, 0.15) is 5.41 Å². The summed E-state index contributed by atoms with van der Waals surface area (Å²) < 4.78 is 0.